The topological polar surface area (TPSA) is 61.0 Å². The molecule has 1 aromatic heterocycles. The standard InChI is InChI=1S/C14H17N3O/c1-18-14-10-9-13(16-17-14)12(15)8-7-11-5-3-2-4-6-11/h2-6,9-10,12H,7-8,15H2,1H3. The third-order valence-corrected chi connectivity index (χ3v) is 2.84. The first-order chi connectivity index (χ1) is 8.79. The quantitative estimate of drug-likeness (QED) is 0.873. The van der Waals surface area contributed by atoms with E-state index in [2.05, 4.69) is 22.3 Å². The van der Waals surface area contributed by atoms with E-state index in [4.69, 9.17) is 10.5 Å². The molecule has 0 aliphatic rings. The zero-order valence-electron chi connectivity index (χ0n) is 10.4. The molecular weight excluding hydrogens is 226 g/mol. The number of benzene rings is 1. The van der Waals surface area contributed by atoms with Crippen molar-refractivity contribution in [1.29, 1.82) is 0 Å². The number of nitrogens with two attached hydrogens (primary N) is 1. The van der Waals surface area contributed by atoms with Crippen molar-refractivity contribution >= 4 is 0 Å². The van der Waals surface area contributed by atoms with Crippen LogP contribution in [0.1, 0.15) is 23.7 Å². The molecule has 0 radical (unpaired) electrons. The first-order valence-electron chi connectivity index (χ1n) is 5.96. The van der Waals surface area contributed by atoms with E-state index in [-0.39, 0.29) is 6.04 Å². The molecule has 0 saturated carbocycles. The van der Waals surface area contributed by atoms with Gasteiger partial charge in [0.2, 0.25) is 5.88 Å². The molecule has 1 heterocycles. The van der Waals surface area contributed by atoms with Crippen LogP contribution >= 0.6 is 0 Å². The Bertz CT molecular complexity index is 470. The van der Waals surface area contributed by atoms with Crippen LogP contribution in [0.5, 0.6) is 5.88 Å². The molecule has 4 heteroatoms. The lowest BCUT2D eigenvalue weighted by atomic mass is 10.0. The maximum Gasteiger partial charge on any atom is 0.233 e. The van der Waals surface area contributed by atoms with Gasteiger partial charge < -0.3 is 10.5 Å². The third kappa shape index (κ3) is 3.28. The predicted octanol–water partition coefficient (Wildman–Crippen LogP) is 2.12. The highest BCUT2D eigenvalue weighted by Gasteiger charge is 2.08. The van der Waals surface area contributed by atoms with Crippen LogP contribution in [0.25, 0.3) is 0 Å². The number of hydrogen-bond donors (Lipinski definition) is 1. The molecule has 0 spiro atoms. The van der Waals surface area contributed by atoms with Crippen LogP contribution in [0, 0.1) is 0 Å². The molecule has 0 aliphatic carbocycles. The van der Waals surface area contributed by atoms with Crippen LogP contribution in [0.4, 0.5) is 0 Å². The molecule has 1 atom stereocenters. The lowest BCUT2D eigenvalue weighted by Gasteiger charge is -2.10. The summed E-state index contributed by atoms with van der Waals surface area (Å²) in [6, 6.07) is 13.8. The Morgan fingerprint density at radius 2 is 1.89 bits per heavy atom. The molecule has 0 bridgehead atoms. The summed E-state index contributed by atoms with van der Waals surface area (Å²) >= 11 is 0. The highest BCUT2D eigenvalue weighted by molar-refractivity contribution is 5.17. The van der Waals surface area contributed by atoms with Crippen LogP contribution in [-0.2, 0) is 6.42 Å². The van der Waals surface area contributed by atoms with Crippen molar-refractivity contribution in [3.05, 3.63) is 53.7 Å². The minimum absolute atomic E-state index is 0.0939. The Kier molecular flexibility index (Phi) is 4.25. The number of nitrogens with zero attached hydrogens (tertiary/aromatic N) is 2. The second-order valence-electron chi connectivity index (χ2n) is 4.13. The van der Waals surface area contributed by atoms with Crippen molar-refractivity contribution in [3.63, 3.8) is 0 Å². The third-order valence-electron chi connectivity index (χ3n) is 2.84. The van der Waals surface area contributed by atoms with Gasteiger partial charge in [-0.15, -0.1) is 5.10 Å². The van der Waals surface area contributed by atoms with Crippen LogP contribution in [0.3, 0.4) is 0 Å². The van der Waals surface area contributed by atoms with Crippen molar-refractivity contribution < 1.29 is 4.74 Å². The van der Waals surface area contributed by atoms with Crippen LogP contribution in [0.15, 0.2) is 42.5 Å². The van der Waals surface area contributed by atoms with Gasteiger partial charge in [0.05, 0.1) is 12.8 Å². The summed E-state index contributed by atoms with van der Waals surface area (Å²) in [6.07, 6.45) is 1.79. The molecule has 1 unspecified atom stereocenters. The van der Waals surface area contributed by atoms with Gasteiger partial charge in [-0.3, -0.25) is 0 Å². The first kappa shape index (κ1) is 12.5. The van der Waals surface area contributed by atoms with E-state index in [1.165, 1.54) is 5.56 Å². The Balaban J connectivity index is 1.93. The van der Waals surface area contributed by atoms with Crippen LogP contribution < -0.4 is 10.5 Å². The van der Waals surface area contributed by atoms with E-state index in [9.17, 15) is 0 Å². The molecule has 94 valence electrons. The van der Waals surface area contributed by atoms with Crippen LogP contribution in [0.2, 0.25) is 0 Å². The normalized spacial score (nSPS) is 12.1. The second-order valence-corrected chi connectivity index (χ2v) is 4.13. The predicted molar refractivity (Wildman–Crippen MR) is 70.3 cm³/mol. The summed E-state index contributed by atoms with van der Waals surface area (Å²) in [6.45, 7) is 0. The van der Waals surface area contributed by atoms with Gasteiger partial charge in [0.15, 0.2) is 0 Å². The first-order valence-corrected chi connectivity index (χ1v) is 5.96. The van der Waals surface area contributed by atoms with E-state index in [0.717, 1.165) is 18.5 Å². The maximum absolute atomic E-state index is 6.09. The van der Waals surface area contributed by atoms with Gasteiger partial charge in [-0.2, -0.15) is 5.10 Å². The molecular formula is C14H17N3O. The van der Waals surface area contributed by atoms with Crippen molar-refractivity contribution in [2.75, 3.05) is 7.11 Å². The molecule has 0 saturated heterocycles. The largest absolute Gasteiger partial charge is 0.480 e. The van der Waals surface area contributed by atoms with Gasteiger partial charge in [0.1, 0.15) is 0 Å². The fourth-order valence-corrected chi connectivity index (χ4v) is 1.75. The Morgan fingerprint density at radius 1 is 1.11 bits per heavy atom. The van der Waals surface area contributed by atoms with Crippen molar-refractivity contribution in [2.45, 2.75) is 18.9 Å². The van der Waals surface area contributed by atoms with E-state index in [1.54, 1.807) is 13.2 Å². The van der Waals surface area contributed by atoms with E-state index < -0.39 is 0 Å². The van der Waals surface area contributed by atoms with E-state index in [0.29, 0.717) is 5.88 Å². The fraction of sp³-hybridized carbons (Fsp3) is 0.286. The van der Waals surface area contributed by atoms with Gasteiger partial charge in [-0.25, -0.2) is 0 Å². The number of aryl methyl sites for hydroxylation is 1. The molecule has 1 aromatic carbocycles. The van der Waals surface area contributed by atoms with E-state index in [1.807, 2.05) is 24.3 Å². The number of methoxy groups -OCH3 is 1. The number of rotatable bonds is 5. The van der Waals surface area contributed by atoms with Gasteiger partial charge in [0, 0.05) is 12.1 Å². The summed E-state index contributed by atoms with van der Waals surface area (Å²) in [5.41, 5.74) is 8.18. The van der Waals surface area contributed by atoms with Crippen molar-refractivity contribution in [3.8, 4) is 5.88 Å². The molecule has 2 N–H and O–H groups in total. The average Bonchev–Trinajstić information content (AvgIpc) is 2.46. The number of ether oxygens (including phenoxy) is 1. The molecule has 4 nitrogen and oxygen atoms in total. The molecule has 0 amide bonds. The molecule has 2 aromatic rings. The second kappa shape index (κ2) is 6.12. The average molecular weight is 243 g/mol. The lowest BCUT2D eigenvalue weighted by molar-refractivity contribution is 0.390. The zero-order chi connectivity index (χ0) is 12.8. The van der Waals surface area contributed by atoms with Gasteiger partial charge in [0.25, 0.3) is 0 Å². The van der Waals surface area contributed by atoms with Gasteiger partial charge in [-0.1, -0.05) is 30.3 Å². The van der Waals surface area contributed by atoms with E-state index >= 15 is 0 Å². The minimum Gasteiger partial charge on any atom is -0.480 e. The summed E-state index contributed by atoms with van der Waals surface area (Å²) < 4.78 is 4.96. The highest BCUT2D eigenvalue weighted by Crippen LogP contribution is 2.15. The SMILES string of the molecule is COc1ccc(C(N)CCc2ccccc2)nn1. The molecule has 18 heavy (non-hydrogen) atoms. The lowest BCUT2D eigenvalue weighted by Crippen LogP contribution is -2.13. The molecule has 0 aliphatic heterocycles. The summed E-state index contributed by atoms with van der Waals surface area (Å²) in [7, 11) is 1.57. The summed E-state index contributed by atoms with van der Waals surface area (Å²) in [5, 5.41) is 7.98. The van der Waals surface area contributed by atoms with Gasteiger partial charge in [-0.05, 0) is 24.5 Å². The summed E-state index contributed by atoms with van der Waals surface area (Å²) in [5.74, 6) is 0.508. The van der Waals surface area contributed by atoms with Crippen molar-refractivity contribution in [1.82, 2.24) is 10.2 Å². The zero-order valence-corrected chi connectivity index (χ0v) is 10.4. The Morgan fingerprint density at radius 3 is 2.50 bits per heavy atom. The smallest absolute Gasteiger partial charge is 0.233 e. The number of hydrogen-bond acceptors (Lipinski definition) is 4. The minimum atomic E-state index is -0.0939. The fourth-order valence-electron chi connectivity index (χ4n) is 1.75. The van der Waals surface area contributed by atoms with Crippen molar-refractivity contribution in [2.24, 2.45) is 5.73 Å². The van der Waals surface area contributed by atoms with Gasteiger partial charge >= 0.3 is 0 Å². The molecule has 2 rings (SSSR count). The number of aromatic nitrogens is 2. The Labute approximate surface area is 107 Å². The monoisotopic (exact) mass is 243 g/mol. The summed E-state index contributed by atoms with van der Waals surface area (Å²) in [4.78, 5) is 0. The highest BCUT2D eigenvalue weighted by atomic mass is 16.5. The maximum atomic E-state index is 6.09. The Hall–Kier alpha value is -1.94. The van der Waals surface area contributed by atoms with Crippen LogP contribution in [-0.4, -0.2) is 17.3 Å². The molecule has 0 fully saturated rings.